The number of nitrogens with one attached hydrogen (secondary N) is 2. The third kappa shape index (κ3) is 4.14. The van der Waals surface area contributed by atoms with Crippen LogP contribution in [0.3, 0.4) is 0 Å². The predicted molar refractivity (Wildman–Crippen MR) is 112 cm³/mol. The van der Waals surface area contributed by atoms with Gasteiger partial charge in [0.15, 0.2) is 0 Å². The Kier molecular flexibility index (Phi) is 5.24. The van der Waals surface area contributed by atoms with Crippen LogP contribution in [0.5, 0.6) is 0 Å². The van der Waals surface area contributed by atoms with Crippen molar-refractivity contribution in [3.63, 3.8) is 0 Å². The SMILES string of the molecule is Cc1cc(NC(=O)CCCc2c[nH]c3ccccc23)n(Cc2ccccc2)n1. The lowest BCUT2D eigenvalue weighted by Crippen LogP contribution is -2.16. The highest BCUT2D eigenvalue weighted by molar-refractivity contribution is 5.90. The fourth-order valence-corrected chi connectivity index (χ4v) is 3.51. The van der Waals surface area contributed by atoms with Crippen LogP contribution in [0, 0.1) is 6.92 Å². The molecule has 0 radical (unpaired) electrons. The zero-order valence-corrected chi connectivity index (χ0v) is 16.0. The van der Waals surface area contributed by atoms with Crippen molar-refractivity contribution in [1.29, 1.82) is 0 Å². The number of nitrogens with zero attached hydrogens (tertiary/aromatic N) is 2. The fraction of sp³-hybridized carbons (Fsp3) is 0.217. The van der Waals surface area contributed by atoms with E-state index in [1.807, 2.05) is 54.2 Å². The van der Waals surface area contributed by atoms with Gasteiger partial charge in [0.25, 0.3) is 0 Å². The molecule has 1 amide bonds. The molecular formula is C23H24N4O. The molecular weight excluding hydrogens is 348 g/mol. The number of aromatic nitrogens is 3. The predicted octanol–water partition coefficient (Wildman–Crippen LogP) is 4.68. The zero-order chi connectivity index (χ0) is 19.3. The number of para-hydroxylation sites is 1. The Labute approximate surface area is 164 Å². The molecule has 4 aromatic rings. The number of carbonyl (C=O) groups excluding carboxylic acids is 1. The molecule has 0 aliphatic rings. The van der Waals surface area contributed by atoms with E-state index in [4.69, 9.17) is 0 Å². The van der Waals surface area contributed by atoms with E-state index in [1.54, 1.807) is 0 Å². The Morgan fingerprint density at radius 3 is 2.75 bits per heavy atom. The molecule has 4 rings (SSSR count). The largest absolute Gasteiger partial charge is 0.361 e. The third-order valence-electron chi connectivity index (χ3n) is 4.87. The van der Waals surface area contributed by atoms with Crippen LogP contribution in [0.15, 0.2) is 66.9 Å². The summed E-state index contributed by atoms with van der Waals surface area (Å²) in [6.45, 7) is 2.58. The lowest BCUT2D eigenvalue weighted by atomic mass is 10.1. The number of aryl methyl sites for hydroxylation is 2. The van der Waals surface area contributed by atoms with Gasteiger partial charge in [0.05, 0.1) is 12.2 Å². The summed E-state index contributed by atoms with van der Waals surface area (Å²) in [5.74, 6) is 0.771. The number of hydrogen-bond donors (Lipinski definition) is 2. The quantitative estimate of drug-likeness (QED) is 0.495. The molecule has 0 atom stereocenters. The first-order valence-electron chi connectivity index (χ1n) is 9.62. The summed E-state index contributed by atoms with van der Waals surface area (Å²) in [5, 5.41) is 8.77. The van der Waals surface area contributed by atoms with Gasteiger partial charge in [-0.2, -0.15) is 5.10 Å². The van der Waals surface area contributed by atoms with Crippen molar-refractivity contribution >= 4 is 22.6 Å². The number of fused-ring (bicyclic) bond motifs is 1. The topological polar surface area (TPSA) is 62.7 Å². The van der Waals surface area contributed by atoms with Crippen LogP contribution < -0.4 is 5.32 Å². The van der Waals surface area contributed by atoms with Crippen molar-refractivity contribution in [1.82, 2.24) is 14.8 Å². The minimum atomic E-state index is 0.0223. The summed E-state index contributed by atoms with van der Waals surface area (Å²) in [7, 11) is 0. The second-order valence-corrected chi connectivity index (χ2v) is 7.08. The summed E-state index contributed by atoms with van der Waals surface area (Å²) >= 11 is 0. The molecule has 0 fully saturated rings. The van der Waals surface area contributed by atoms with Gasteiger partial charge in [0.1, 0.15) is 5.82 Å². The van der Waals surface area contributed by atoms with Gasteiger partial charge in [0.2, 0.25) is 5.91 Å². The first-order chi connectivity index (χ1) is 13.7. The van der Waals surface area contributed by atoms with Crippen LogP contribution in [-0.4, -0.2) is 20.7 Å². The fourth-order valence-electron chi connectivity index (χ4n) is 3.51. The Hall–Kier alpha value is -3.34. The van der Waals surface area contributed by atoms with Gasteiger partial charge >= 0.3 is 0 Å². The Bertz CT molecular complexity index is 1080. The van der Waals surface area contributed by atoms with Gasteiger partial charge in [-0.15, -0.1) is 0 Å². The number of carbonyl (C=O) groups is 1. The molecule has 5 heteroatoms. The molecule has 0 spiro atoms. The summed E-state index contributed by atoms with van der Waals surface area (Å²) in [4.78, 5) is 15.7. The van der Waals surface area contributed by atoms with Crippen molar-refractivity contribution < 1.29 is 4.79 Å². The van der Waals surface area contributed by atoms with Crippen LogP contribution in [0.25, 0.3) is 10.9 Å². The average molecular weight is 372 g/mol. The van der Waals surface area contributed by atoms with Gasteiger partial charge < -0.3 is 10.3 Å². The maximum atomic E-state index is 12.5. The van der Waals surface area contributed by atoms with Crippen molar-refractivity contribution in [2.75, 3.05) is 5.32 Å². The Morgan fingerprint density at radius 2 is 1.89 bits per heavy atom. The molecule has 5 nitrogen and oxygen atoms in total. The first-order valence-corrected chi connectivity index (χ1v) is 9.62. The van der Waals surface area contributed by atoms with Gasteiger partial charge in [-0.05, 0) is 37.0 Å². The normalized spacial score (nSPS) is 11.0. The van der Waals surface area contributed by atoms with Crippen molar-refractivity contribution in [3.8, 4) is 0 Å². The van der Waals surface area contributed by atoms with E-state index >= 15 is 0 Å². The lowest BCUT2D eigenvalue weighted by molar-refractivity contribution is -0.116. The van der Waals surface area contributed by atoms with Crippen molar-refractivity contribution in [2.45, 2.75) is 32.7 Å². The van der Waals surface area contributed by atoms with Crippen LogP contribution in [0.4, 0.5) is 5.82 Å². The standard InChI is InChI=1S/C23H24N4O/c1-17-14-22(27(26-17)16-18-8-3-2-4-9-18)25-23(28)13-7-10-19-15-24-21-12-6-5-11-20(19)21/h2-6,8-9,11-12,14-15,24H,7,10,13,16H2,1H3,(H,25,28). The summed E-state index contributed by atoms with van der Waals surface area (Å²) in [6, 6.07) is 20.3. The smallest absolute Gasteiger partial charge is 0.225 e. The molecule has 0 unspecified atom stereocenters. The summed E-state index contributed by atoms with van der Waals surface area (Å²) in [5.41, 5.74) is 4.45. The summed E-state index contributed by atoms with van der Waals surface area (Å²) in [6.07, 6.45) is 4.20. The van der Waals surface area contributed by atoms with Crippen molar-refractivity contribution in [3.05, 3.63) is 83.7 Å². The van der Waals surface area contributed by atoms with Crippen LogP contribution >= 0.6 is 0 Å². The molecule has 0 aliphatic heterocycles. The highest BCUT2D eigenvalue weighted by Gasteiger charge is 2.11. The molecule has 142 valence electrons. The molecule has 0 saturated heterocycles. The van der Waals surface area contributed by atoms with Gasteiger partial charge in [-0.1, -0.05) is 48.5 Å². The Balaban J connectivity index is 1.35. The van der Waals surface area contributed by atoms with Gasteiger partial charge in [-0.3, -0.25) is 4.79 Å². The zero-order valence-electron chi connectivity index (χ0n) is 16.0. The number of H-pyrrole nitrogens is 1. The third-order valence-corrected chi connectivity index (χ3v) is 4.87. The number of amides is 1. The molecule has 0 saturated carbocycles. The molecule has 0 aliphatic carbocycles. The van der Waals surface area contributed by atoms with Crippen LogP contribution in [-0.2, 0) is 17.8 Å². The molecule has 2 heterocycles. The molecule has 2 aromatic carbocycles. The molecule has 0 bridgehead atoms. The van der Waals surface area contributed by atoms with E-state index in [-0.39, 0.29) is 5.91 Å². The number of benzene rings is 2. The molecule has 28 heavy (non-hydrogen) atoms. The van der Waals surface area contributed by atoms with E-state index in [1.165, 1.54) is 10.9 Å². The summed E-state index contributed by atoms with van der Waals surface area (Å²) < 4.78 is 1.85. The van der Waals surface area contributed by atoms with E-state index in [2.05, 4.69) is 39.7 Å². The molecule has 2 aromatic heterocycles. The minimum Gasteiger partial charge on any atom is -0.361 e. The lowest BCUT2D eigenvalue weighted by Gasteiger charge is -2.09. The number of aromatic amines is 1. The second kappa shape index (κ2) is 8.13. The van der Waals surface area contributed by atoms with Crippen molar-refractivity contribution in [2.24, 2.45) is 0 Å². The number of rotatable bonds is 7. The van der Waals surface area contributed by atoms with E-state index in [9.17, 15) is 4.79 Å². The van der Waals surface area contributed by atoms with Crippen LogP contribution in [0.2, 0.25) is 0 Å². The van der Waals surface area contributed by atoms with Gasteiger partial charge in [0, 0.05) is 29.6 Å². The highest BCUT2D eigenvalue weighted by Crippen LogP contribution is 2.20. The van der Waals surface area contributed by atoms with E-state index < -0.39 is 0 Å². The van der Waals surface area contributed by atoms with E-state index in [0.29, 0.717) is 13.0 Å². The maximum Gasteiger partial charge on any atom is 0.225 e. The average Bonchev–Trinajstić information content (AvgIpc) is 3.26. The minimum absolute atomic E-state index is 0.0223. The second-order valence-electron chi connectivity index (χ2n) is 7.08. The van der Waals surface area contributed by atoms with E-state index in [0.717, 1.165) is 35.4 Å². The van der Waals surface area contributed by atoms with Gasteiger partial charge in [-0.25, -0.2) is 4.68 Å². The van der Waals surface area contributed by atoms with Crippen LogP contribution in [0.1, 0.15) is 29.7 Å². The monoisotopic (exact) mass is 372 g/mol. The molecule has 2 N–H and O–H groups in total. The first kappa shape index (κ1) is 18.0. The number of hydrogen-bond acceptors (Lipinski definition) is 2. The number of anilines is 1. The highest BCUT2D eigenvalue weighted by atomic mass is 16.1. The Morgan fingerprint density at radius 1 is 1.11 bits per heavy atom. The maximum absolute atomic E-state index is 12.5.